The van der Waals surface area contributed by atoms with Crippen molar-refractivity contribution >= 4 is 23.2 Å². The van der Waals surface area contributed by atoms with Crippen LogP contribution in [0.15, 0.2) is 72.8 Å². The molecule has 0 fully saturated rings. The van der Waals surface area contributed by atoms with Crippen molar-refractivity contribution in [1.82, 2.24) is 0 Å². The normalized spacial score (nSPS) is 21.7. The monoisotopic (exact) mass is 384 g/mol. The van der Waals surface area contributed by atoms with Crippen LogP contribution in [0, 0.1) is 5.92 Å². The molecule has 4 rings (SSSR count). The summed E-state index contributed by atoms with van der Waals surface area (Å²) in [7, 11) is 0. The predicted octanol–water partition coefficient (Wildman–Crippen LogP) is 6.02. The van der Waals surface area contributed by atoms with Gasteiger partial charge in [-0.1, -0.05) is 65.7 Å². The second kappa shape index (κ2) is 7.32. The Labute approximate surface area is 163 Å². The first kappa shape index (κ1) is 17.4. The van der Waals surface area contributed by atoms with Gasteiger partial charge in [-0.3, -0.25) is 0 Å². The summed E-state index contributed by atoms with van der Waals surface area (Å²) in [5.41, 5.74) is 2.94. The van der Waals surface area contributed by atoms with Gasteiger partial charge in [-0.2, -0.15) is 0 Å². The van der Waals surface area contributed by atoms with Gasteiger partial charge in [0, 0.05) is 21.5 Å². The molecule has 0 aliphatic carbocycles. The van der Waals surface area contributed by atoms with Gasteiger partial charge in [0.25, 0.3) is 0 Å². The minimum absolute atomic E-state index is 0.118. The van der Waals surface area contributed by atoms with Crippen LogP contribution in [0.5, 0.6) is 5.75 Å². The first-order valence-corrected chi connectivity index (χ1v) is 9.31. The fourth-order valence-corrected chi connectivity index (χ4v) is 3.78. The highest BCUT2D eigenvalue weighted by molar-refractivity contribution is 6.30. The molecule has 0 amide bonds. The van der Waals surface area contributed by atoms with E-state index in [-0.39, 0.29) is 12.0 Å². The van der Waals surface area contributed by atoms with Crippen LogP contribution in [0.3, 0.4) is 0 Å². The van der Waals surface area contributed by atoms with Crippen molar-refractivity contribution in [1.29, 1.82) is 0 Å². The molecule has 0 spiro atoms. The molecule has 3 atom stereocenters. The lowest BCUT2D eigenvalue weighted by Gasteiger charge is -2.37. The molecule has 1 N–H and O–H groups in total. The second-order valence-electron chi connectivity index (χ2n) is 6.57. The van der Waals surface area contributed by atoms with Crippen LogP contribution < -0.4 is 4.74 Å². The van der Waals surface area contributed by atoms with Crippen LogP contribution in [0.1, 0.15) is 28.9 Å². The van der Waals surface area contributed by atoms with Gasteiger partial charge in [-0.05, 0) is 47.9 Å². The number of ether oxygens (including phenoxy) is 1. The van der Waals surface area contributed by atoms with E-state index in [2.05, 4.69) is 0 Å². The SMILES string of the molecule is O[C@H]1c2ccccc2O[C@@H](c2ccc(Cl)cc2)[C@@H]1Cc1ccc(Cl)cc1. The molecule has 0 unspecified atom stereocenters. The highest BCUT2D eigenvalue weighted by atomic mass is 35.5. The van der Waals surface area contributed by atoms with Crippen molar-refractivity contribution in [2.75, 3.05) is 0 Å². The van der Waals surface area contributed by atoms with E-state index in [4.69, 9.17) is 27.9 Å². The Morgan fingerprint density at radius 3 is 2.12 bits per heavy atom. The minimum Gasteiger partial charge on any atom is -0.485 e. The largest absolute Gasteiger partial charge is 0.485 e. The highest BCUT2D eigenvalue weighted by Crippen LogP contribution is 2.46. The molecular weight excluding hydrogens is 367 g/mol. The Morgan fingerprint density at radius 1 is 0.808 bits per heavy atom. The van der Waals surface area contributed by atoms with E-state index in [1.54, 1.807) is 0 Å². The van der Waals surface area contributed by atoms with E-state index in [1.165, 1.54) is 0 Å². The third kappa shape index (κ3) is 3.45. The maximum atomic E-state index is 11.1. The first-order chi connectivity index (χ1) is 12.6. The van der Waals surface area contributed by atoms with Gasteiger partial charge >= 0.3 is 0 Å². The number of hydrogen-bond acceptors (Lipinski definition) is 2. The summed E-state index contributed by atoms with van der Waals surface area (Å²) in [6.45, 7) is 0. The zero-order valence-electron chi connectivity index (χ0n) is 14.0. The molecule has 1 heterocycles. The molecular formula is C22H18Cl2O2. The van der Waals surface area contributed by atoms with E-state index in [0.29, 0.717) is 16.5 Å². The van der Waals surface area contributed by atoms with Crippen molar-refractivity contribution < 1.29 is 9.84 Å². The lowest BCUT2D eigenvalue weighted by Crippen LogP contribution is -2.31. The Balaban J connectivity index is 1.73. The molecule has 0 aromatic heterocycles. The predicted molar refractivity (Wildman–Crippen MR) is 105 cm³/mol. The molecule has 3 aromatic carbocycles. The van der Waals surface area contributed by atoms with Gasteiger partial charge in [-0.15, -0.1) is 0 Å². The number of aliphatic hydroxyl groups excluding tert-OH is 1. The molecule has 1 aliphatic rings. The van der Waals surface area contributed by atoms with Gasteiger partial charge in [0.2, 0.25) is 0 Å². The molecule has 0 bridgehead atoms. The zero-order chi connectivity index (χ0) is 18.1. The van der Waals surface area contributed by atoms with Crippen LogP contribution in [0.25, 0.3) is 0 Å². The Hall–Kier alpha value is -2.00. The average molecular weight is 385 g/mol. The van der Waals surface area contributed by atoms with E-state index < -0.39 is 6.10 Å². The van der Waals surface area contributed by atoms with Crippen molar-refractivity contribution in [2.45, 2.75) is 18.6 Å². The van der Waals surface area contributed by atoms with E-state index in [1.807, 2.05) is 72.8 Å². The lowest BCUT2D eigenvalue weighted by atomic mass is 9.80. The van der Waals surface area contributed by atoms with Crippen molar-refractivity contribution in [3.8, 4) is 5.75 Å². The second-order valence-corrected chi connectivity index (χ2v) is 7.44. The van der Waals surface area contributed by atoms with Crippen molar-refractivity contribution in [3.63, 3.8) is 0 Å². The standard InChI is InChI=1S/C22H18Cl2O2/c23-16-9-5-14(6-10-16)13-19-21(25)18-3-1-2-4-20(18)26-22(19)15-7-11-17(24)12-8-15/h1-12,19,21-22,25H,13H2/t19-,21+,22+/m1/s1. The summed E-state index contributed by atoms with van der Waals surface area (Å²) in [6, 6.07) is 23.0. The summed E-state index contributed by atoms with van der Waals surface area (Å²) in [6.07, 6.45) is -0.191. The number of rotatable bonds is 3. The summed E-state index contributed by atoms with van der Waals surface area (Å²) in [5, 5.41) is 12.5. The number of fused-ring (bicyclic) bond motifs is 1. The molecule has 1 aliphatic heterocycles. The number of hydrogen-bond donors (Lipinski definition) is 1. The Kier molecular flexibility index (Phi) is 4.90. The maximum absolute atomic E-state index is 11.1. The Morgan fingerprint density at radius 2 is 1.42 bits per heavy atom. The molecule has 0 saturated heterocycles. The summed E-state index contributed by atoms with van der Waals surface area (Å²) >= 11 is 12.0. The summed E-state index contributed by atoms with van der Waals surface area (Å²) in [5.74, 6) is 0.611. The molecule has 0 radical (unpaired) electrons. The molecule has 4 heteroatoms. The van der Waals surface area contributed by atoms with Crippen molar-refractivity contribution in [2.24, 2.45) is 5.92 Å². The Bertz CT molecular complexity index is 891. The van der Waals surface area contributed by atoms with Crippen LogP contribution in [0.4, 0.5) is 0 Å². The van der Waals surface area contributed by atoms with Gasteiger partial charge in [-0.25, -0.2) is 0 Å². The van der Waals surface area contributed by atoms with Gasteiger partial charge < -0.3 is 9.84 Å². The van der Waals surface area contributed by atoms with Gasteiger partial charge in [0.1, 0.15) is 11.9 Å². The molecule has 132 valence electrons. The summed E-state index contributed by atoms with van der Waals surface area (Å²) < 4.78 is 6.31. The quantitative estimate of drug-likeness (QED) is 0.598. The topological polar surface area (TPSA) is 29.5 Å². The van der Waals surface area contributed by atoms with E-state index >= 15 is 0 Å². The summed E-state index contributed by atoms with van der Waals surface area (Å²) in [4.78, 5) is 0. The fourth-order valence-electron chi connectivity index (χ4n) is 3.53. The zero-order valence-corrected chi connectivity index (χ0v) is 15.5. The highest BCUT2D eigenvalue weighted by Gasteiger charge is 2.38. The molecule has 3 aromatic rings. The minimum atomic E-state index is -0.615. The smallest absolute Gasteiger partial charge is 0.130 e. The number of halogens is 2. The lowest BCUT2D eigenvalue weighted by molar-refractivity contribution is -0.00177. The van der Waals surface area contributed by atoms with Crippen LogP contribution >= 0.6 is 23.2 Å². The third-order valence-corrected chi connectivity index (χ3v) is 5.37. The van der Waals surface area contributed by atoms with E-state index in [9.17, 15) is 5.11 Å². The maximum Gasteiger partial charge on any atom is 0.130 e. The van der Waals surface area contributed by atoms with Gasteiger partial charge in [0.15, 0.2) is 0 Å². The van der Waals surface area contributed by atoms with Crippen molar-refractivity contribution in [3.05, 3.63) is 99.5 Å². The fraction of sp³-hybridized carbons (Fsp3) is 0.182. The van der Waals surface area contributed by atoms with Crippen LogP contribution in [-0.2, 0) is 6.42 Å². The average Bonchev–Trinajstić information content (AvgIpc) is 2.66. The number of benzene rings is 3. The molecule has 26 heavy (non-hydrogen) atoms. The number of para-hydroxylation sites is 1. The number of aliphatic hydroxyl groups is 1. The first-order valence-electron chi connectivity index (χ1n) is 8.55. The third-order valence-electron chi connectivity index (χ3n) is 4.87. The van der Waals surface area contributed by atoms with Crippen LogP contribution in [0.2, 0.25) is 10.0 Å². The van der Waals surface area contributed by atoms with Gasteiger partial charge in [0.05, 0.1) is 6.10 Å². The van der Waals surface area contributed by atoms with Crippen LogP contribution in [-0.4, -0.2) is 5.11 Å². The molecule has 2 nitrogen and oxygen atoms in total. The molecule has 0 saturated carbocycles. The van der Waals surface area contributed by atoms with E-state index in [0.717, 1.165) is 22.4 Å².